The fourth-order valence-corrected chi connectivity index (χ4v) is 2.35. The van der Waals surface area contributed by atoms with E-state index in [9.17, 15) is 10.1 Å². The summed E-state index contributed by atoms with van der Waals surface area (Å²) in [5.41, 5.74) is 0.558. The Hall–Kier alpha value is -2.64. The van der Waals surface area contributed by atoms with Gasteiger partial charge in [-0.2, -0.15) is 0 Å². The molecule has 0 aliphatic carbocycles. The maximum Gasteiger partial charge on any atom is 0.269 e. The fraction of sp³-hybridized carbons (Fsp3) is 0.0667. The van der Waals surface area contributed by atoms with Gasteiger partial charge in [0.05, 0.1) is 9.95 Å². The molecule has 2 aromatic carbocycles. The Morgan fingerprint density at radius 1 is 1.12 bits per heavy atom. The van der Waals surface area contributed by atoms with Crippen molar-refractivity contribution in [2.24, 2.45) is 0 Å². The zero-order valence-corrected chi connectivity index (χ0v) is 13.5. The third-order valence-corrected chi connectivity index (χ3v) is 3.57. The summed E-state index contributed by atoms with van der Waals surface area (Å²) in [5.74, 6) is 0.927. The number of aromatic nitrogens is 2. The van der Waals surface area contributed by atoms with Crippen LogP contribution in [0.3, 0.4) is 0 Å². The number of rotatable bonds is 5. The van der Waals surface area contributed by atoms with E-state index in [-0.39, 0.29) is 24.1 Å². The maximum atomic E-state index is 10.6. The molecule has 0 saturated heterocycles. The molecule has 0 unspecified atom stereocenters. The van der Waals surface area contributed by atoms with E-state index in [1.165, 1.54) is 24.3 Å². The van der Waals surface area contributed by atoms with E-state index in [1.54, 1.807) is 18.2 Å². The van der Waals surface area contributed by atoms with E-state index >= 15 is 0 Å². The lowest BCUT2D eigenvalue weighted by Gasteiger charge is -2.05. The standard InChI is InChI=1S/C15H9Cl2N3O4/c16-10-3-6-13(12(17)7-10)23-8-14-18-19-15(24-14)9-1-4-11(5-2-9)20(21)22/h1-7H,8H2. The predicted octanol–water partition coefficient (Wildman–Crippen LogP) is 4.53. The summed E-state index contributed by atoms with van der Waals surface area (Å²) in [5, 5.41) is 19.3. The van der Waals surface area contributed by atoms with Gasteiger partial charge in [-0.3, -0.25) is 10.1 Å². The number of nitrogens with zero attached hydrogens (tertiary/aromatic N) is 3. The molecule has 24 heavy (non-hydrogen) atoms. The highest BCUT2D eigenvalue weighted by atomic mass is 35.5. The number of ether oxygens (including phenoxy) is 1. The minimum atomic E-state index is -0.479. The second kappa shape index (κ2) is 6.86. The number of hydrogen-bond acceptors (Lipinski definition) is 6. The van der Waals surface area contributed by atoms with Crippen LogP contribution in [-0.4, -0.2) is 15.1 Å². The van der Waals surface area contributed by atoms with Gasteiger partial charge in [-0.25, -0.2) is 0 Å². The van der Waals surface area contributed by atoms with Crippen LogP contribution in [0.5, 0.6) is 5.75 Å². The van der Waals surface area contributed by atoms with Gasteiger partial charge in [0.1, 0.15) is 5.75 Å². The van der Waals surface area contributed by atoms with E-state index < -0.39 is 4.92 Å². The highest BCUT2D eigenvalue weighted by Gasteiger charge is 2.12. The van der Waals surface area contributed by atoms with Crippen LogP contribution >= 0.6 is 23.2 Å². The SMILES string of the molecule is O=[N+]([O-])c1ccc(-c2nnc(COc3ccc(Cl)cc3Cl)o2)cc1. The number of nitro benzene ring substituents is 1. The molecule has 0 spiro atoms. The predicted molar refractivity (Wildman–Crippen MR) is 87.2 cm³/mol. The van der Waals surface area contributed by atoms with Crippen molar-refractivity contribution in [1.29, 1.82) is 0 Å². The molecule has 0 bridgehead atoms. The van der Waals surface area contributed by atoms with Gasteiger partial charge in [0.2, 0.25) is 5.89 Å². The van der Waals surface area contributed by atoms with Gasteiger partial charge in [-0.15, -0.1) is 10.2 Å². The van der Waals surface area contributed by atoms with E-state index in [0.29, 0.717) is 21.4 Å². The zero-order chi connectivity index (χ0) is 17.1. The molecule has 7 nitrogen and oxygen atoms in total. The topological polar surface area (TPSA) is 91.3 Å². The molecule has 0 atom stereocenters. The largest absolute Gasteiger partial charge is 0.482 e. The molecule has 0 fully saturated rings. The Balaban J connectivity index is 1.70. The summed E-state index contributed by atoms with van der Waals surface area (Å²) < 4.78 is 11.0. The molecule has 1 heterocycles. The molecule has 1 aromatic heterocycles. The quantitative estimate of drug-likeness (QED) is 0.487. The first-order valence-electron chi connectivity index (χ1n) is 6.68. The summed E-state index contributed by atoms with van der Waals surface area (Å²) in [4.78, 5) is 10.2. The minimum Gasteiger partial charge on any atom is -0.482 e. The molecule has 122 valence electrons. The zero-order valence-electron chi connectivity index (χ0n) is 12.0. The highest BCUT2D eigenvalue weighted by Crippen LogP contribution is 2.28. The van der Waals surface area contributed by atoms with Gasteiger partial charge in [-0.1, -0.05) is 23.2 Å². The first-order valence-corrected chi connectivity index (χ1v) is 7.43. The second-order valence-electron chi connectivity index (χ2n) is 4.67. The van der Waals surface area contributed by atoms with Crippen LogP contribution in [0.1, 0.15) is 5.89 Å². The van der Waals surface area contributed by atoms with Crippen LogP contribution in [0.25, 0.3) is 11.5 Å². The number of halogens is 2. The Kier molecular flexibility index (Phi) is 4.64. The molecule has 3 rings (SSSR count). The normalized spacial score (nSPS) is 10.6. The Bertz CT molecular complexity index is 881. The Morgan fingerprint density at radius 2 is 1.88 bits per heavy atom. The van der Waals surface area contributed by atoms with E-state index in [1.807, 2.05) is 0 Å². The van der Waals surface area contributed by atoms with Gasteiger partial charge >= 0.3 is 0 Å². The van der Waals surface area contributed by atoms with Crippen molar-refractivity contribution >= 4 is 28.9 Å². The van der Waals surface area contributed by atoms with E-state index in [4.69, 9.17) is 32.4 Å². The van der Waals surface area contributed by atoms with E-state index in [0.717, 1.165) is 0 Å². The summed E-state index contributed by atoms with van der Waals surface area (Å²) in [6.07, 6.45) is 0. The molecule has 0 N–H and O–H groups in total. The number of benzene rings is 2. The van der Waals surface area contributed by atoms with Crippen molar-refractivity contribution < 1.29 is 14.1 Å². The van der Waals surface area contributed by atoms with Crippen molar-refractivity contribution in [3.63, 3.8) is 0 Å². The molecular formula is C15H9Cl2N3O4. The fourth-order valence-electron chi connectivity index (χ4n) is 1.89. The number of nitro groups is 1. The van der Waals surface area contributed by atoms with Gasteiger partial charge in [0.25, 0.3) is 11.6 Å². The average Bonchev–Trinajstić information content (AvgIpc) is 3.03. The monoisotopic (exact) mass is 365 g/mol. The number of hydrogen-bond donors (Lipinski definition) is 0. The average molecular weight is 366 g/mol. The van der Waals surface area contributed by atoms with Gasteiger partial charge < -0.3 is 9.15 Å². The maximum absolute atomic E-state index is 10.6. The third-order valence-electron chi connectivity index (χ3n) is 3.04. The lowest BCUT2D eigenvalue weighted by atomic mass is 10.2. The van der Waals surface area contributed by atoms with Crippen LogP contribution in [0, 0.1) is 10.1 Å². The van der Waals surface area contributed by atoms with Crippen LogP contribution in [0.2, 0.25) is 10.0 Å². The van der Waals surface area contributed by atoms with Crippen LogP contribution in [0.15, 0.2) is 46.9 Å². The second-order valence-corrected chi connectivity index (χ2v) is 5.51. The molecule has 0 saturated carbocycles. The lowest BCUT2D eigenvalue weighted by molar-refractivity contribution is -0.384. The lowest BCUT2D eigenvalue weighted by Crippen LogP contribution is -1.96. The van der Waals surface area contributed by atoms with Crippen molar-refractivity contribution in [1.82, 2.24) is 10.2 Å². The third kappa shape index (κ3) is 3.64. The van der Waals surface area contributed by atoms with Crippen molar-refractivity contribution in [2.75, 3.05) is 0 Å². The molecule has 0 radical (unpaired) electrons. The van der Waals surface area contributed by atoms with Crippen molar-refractivity contribution in [3.05, 3.63) is 68.5 Å². The number of non-ortho nitro benzene ring substituents is 1. The van der Waals surface area contributed by atoms with Crippen LogP contribution in [-0.2, 0) is 6.61 Å². The highest BCUT2D eigenvalue weighted by molar-refractivity contribution is 6.35. The minimum absolute atomic E-state index is 0.0146. The Morgan fingerprint density at radius 3 is 2.54 bits per heavy atom. The van der Waals surface area contributed by atoms with Crippen molar-refractivity contribution in [3.8, 4) is 17.2 Å². The molecule has 3 aromatic rings. The molecule has 0 aliphatic rings. The first kappa shape index (κ1) is 16.2. The molecule has 9 heteroatoms. The molecular weight excluding hydrogens is 357 g/mol. The van der Waals surface area contributed by atoms with Crippen LogP contribution < -0.4 is 4.74 Å². The first-order chi connectivity index (χ1) is 11.5. The van der Waals surface area contributed by atoms with Gasteiger partial charge in [0, 0.05) is 22.7 Å². The summed E-state index contributed by atoms with van der Waals surface area (Å²) in [6, 6.07) is 10.6. The summed E-state index contributed by atoms with van der Waals surface area (Å²) in [6.45, 7) is 0.0291. The van der Waals surface area contributed by atoms with Gasteiger partial charge in [0.15, 0.2) is 6.61 Å². The smallest absolute Gasteiger partial charge is 0.269 e. The molecule has 0 aliphatic heterocycles. The summed E-state index contributed by atoms with van der Waals surface area (Å²) in [7, 11) is 0. The Labute approximate surface area is 145 Å². The van der Waals surface area contributed by atoms with Crippen LogP contribution in [0.4, 0.5) is 5.69 Å². The molecule has 0 amide bonds. The van der Waals surface area contributed by atoms with E-state index in [2.05, 4.69) is 10.2 Å². The van der Waals surface area contributed by atoms with Gasteiger partial charge in [-0.05, 0) is 30.3 Å². The summed E-state index contributed by atoms with van der Waals surface area (Å²) >= 11 is 11.8. The van der Waals surface area contributed by atoms with Crippen molar-refractivity contribution in [2.45, 2.75) is 6.61 Å².